The number of rotatable bonds is 2. The van der Waals surface area contributed by atoms with Crippen molar-refractivity contribution in [3.8, 4) is 0 Å². The topological polar surface area (TPSA) is 67.2 Å². The average molecular weight is 237 g/mol. The Hall–Kier alpha value is -1.36. The summed E-state index contributed by atoms with van der Waals surface area (Å²) >= 11 is 0. The third kappa shape index (κ3) is 1.95. The Bertz CT molecular complexity index is 451. The lowest BCUT2D eigenvalue weighted by atomic mass is 9.64. The van der Waals surface area contributed by atoms with Crippen LogP contribution >= 0.6 is 0 Å². The molecule has 1 fully saturated rings. The van der Waals surface area contributed by atoms with E-state index in [2.05, 4.69) is 10.4 Å². The van der Waals surface area contributed by atoms with Gasteiger partial charge in [0, 0.05) is 18.5 Å². The molecule has 2 rings (SSSR count). The monoisotopic (exact) mass is 237 g/mol. The molecule has 0 radical (unpaired) electrons. The molecular weight excluding hydrogens is 218 g/mol. The molecule has 94 valence electrons. The van der Waals surface area contributed by atoms with Crippen LogP contribution in [0.4, 0.5) is 0 Å². The Morgan fingerprint density at radius 1 is 1.65 bits per heavy atom. The first-order valence-electron chi connectivity index (χ1n) is 5.82. The molecular formula is C12H19N3O2. The Morgan fingerprint density at radius 2 is 2.29 bits per heavy atom. The van der Waals surface area contributed by atoms with Crippen LogP contribution in [-0.4, -0.2) is 32.9 Å². The fourth-order valence-electron chi connectivity index (χ4n) is 2.20. The molecule has 2 unspecified atom stereocenters. The van der Waals surface area contributed by atoms with E-state index in [1.807, 2.05) is 20.8 Å². The first-order chi connectivity index (χ1) is 7.82. The van der Waals surface area contributed by atoms with Crippen LogP contribution in [0.3, 0.4) is 0 Å². The van der Waals surface area contributed by atoms with Crippen LogP contribution in [0, 0.1) is 12.3 Å². The molecule has 1 aromatic rings. The van der Waals surface area contributed by atoms with E-state index < -0.39 is 0 Å². The number of nitrogens with one attached hydrogen (secondary N) is 1. The normalized spacial score (nSPS) is 26.4. The fraction of sp³-hybridized carbons (Fsp3) is 0.667. The zero-order chi connectivity index (χ0) is 12.8. The number of amides is 1. The minimum absolute atomic E-state index is 0.0280. The Kier molecular flexibility index (Phi) is 2.73. The highest BCUT2D eigenvalue weighted by Gasteiger charge is 2.48. The van der Waals surface area contributed by atoms with Gasteiger partial charge >= 0.3 is 0 Å². The zero-order valence-corrected chi connectivity index (χ0v) is 10.7. The minimum Gasteiger partial charge on any atom is -0.392 e. The molecule has 0 spiro atoms. The van der Waals surface area contributed by atoms with Gasteiger partial charge in [-0.25, -0.2) is 0 Å². The predicted octanol–water partition coefficient (Wildman–Crippen LogP) is 0.618. The molecule has 1 heterocycles. The maximum atomic E-state index is 12.0. The van der Waals surface area contributed by atoms with E-state index in [-0.39, 0.29) is 23.5 Å². The molecule has 0 aliphatic heterocycles. The van der Waals surface area contributed by atoms with Gasteiger partial charge in [-0.15, -0.1) is 0 Å². The number of hydrogen-bond donors (Lipinski definition) is 2. The van der Waals surface area contributed by atoms with E-state index in [1.54, 1.807) is 17.8 Å². The highest BCUT2D eigenvalue weighted by atomic mass is 16.3. The molecule has 5 nitrogen and oxygen atoms in total. The van der Waals surface area contributed by atoms with Gasteiger partial charge in [0.2, 0.25) is 0 Å². The van der Waals surface area contributed by atoms with Crippen molar-refractivity contribution in [1.29, 1.82) is 0 Å². The van der Waals surface area contributed by atoms with E-state index in [1.165, 1.54) is 0 Å². The summed E-state index contributed by atoms with van der Waals surface area (Å²) < 4.78 is 1.58. The largest absolute Gasteiger partial charge is 0.392 e. The number of aliphatic hydroxyl groups excluding tert-OH is 1. The van der Waals surface area contributed by atoms with Crippen molar-refractivity contribution in [2.45, 2.75) is 39.3 Å². The first kappa shape index (κ1) is 12.1. The maximum Gasteiger partial charge on any atom is 0.269 e. The third-order valence-corrected chi connectivity index (χ3v) is 3.76. The summed E-state index contributed by atoms with van der Waals surface area (Å²) in [6.45, 7) is 5.77. The van der Waals surface area contributed by atoms with Crippen molar-refractivity contribution in [1.82, 2.24) is 15.1 Å². The Labute approximate surface area is 101 Å². The van der Waals surface area contributed by atoms with Crippen LogP contribution < -0.4 is 5.32 Å². The van der Waals surface area contributed by atoms with Crippen molar-refractivity contribution >= 4 is 5.91 Å². The van der Waals surface area contributed by atoms with E-state index in [0.29, 0.717) is 12.1 Å². The summed E-state index contributed by atoms with van der Waals surface area (Å²) in [5.74, 6) is -0.127. The molecule has 1 amide bonds. The molecule has 17 heavy (non-hydrogen) atoms. The van der Waals surface area contributed by atoms with Gasteiger partial charge in [0.25, 0.3) is 5.91 Å². The number of hydrogen-bond acceptors (Lipinski definition) is 3. The zero-order valence-electron chi connectivity index (χ0n) is 10.7. The van der Waals surface area contributed by atoms with Gasteiger partial charge in [-0.05, 0) is 19.4 Å². The van der Waals surface area contributed by atoms with E-state index in [9.17, 15) is 9.90 Å². The summed E-state index contributed by atoms with van der Waals surface area (Å²) in [7, 11) is 1.75. The number of nitrogens with zero attached hydrogens (tertiary/aromatic N) is 2. The van der Waals surface area contributed by atoms with Crippen LogP contribution in [0.25, 0.3) is 0 Å². The van der Waals surface area contributed by atoms with E-state index in [4.69, 9.17) is 0 Å². The van der Waals surface area contributed by atoms with Gasteiger partial charge in [0.05, 0.1) is 11.8 Å². The van der Waals surface area contributed by atoms with Gasteiger partial charge in [0.1, 0.15) is 5.69 Å². The van der Waals surface area contributed by atoms with Crippen LogP contribution in [0.15, 0.2) is 6.07 Å². The summed E-state index contributed by atoms with van der Waals surface area (Å²) in [6.07, 6.45) is 0.288. The van der Waals surface area contributed by atoms with Crippen molar-refractivity contribution in [3.63, 3.8) is 0 Å². The first-order valence-corrected chi connectivity index (χ1v) is 5.82. The molecule has 5 heteroatoms. The molecule has 2 atom stereocenters. The molecule has 1 saturated carbocycles. The number of aliphatic hydroxyl groups is 1. The number of carbonyl (C=O) groups excluding carboxylic acids is 1. The lowest BCUT2D eigenvalue weighted by Crippen LogP contribution is -2.61. The molecule has 2 N–H and O–H groups in total. The highest BCUT2D eigenvalue weighted by Crippen LogP contribution is 2.40. The van der Waals surface area contributed by atoms with E-state index in [0.717, 1.165) is 5.69 Å². The second-order valence-electron chi connectivity index (χ2n) is 5.39. The molecule has 1 aromatic heterocycles. The second kappa shape index (κ2) is 3.84. The van der Waals surface area contributed by atoms with Crippen LogP contribution in [0.5, 0.6) is 0 Å². The predicted molar refractivity (Wildman–Crippen MR) is 63.6 cm³/mol. The SMILES string of the molecule is Cc1cc(C(=O)NC2CC(O)C2(C)C)n(C)n1. The van der Waals surface area contributed by atoms with Crippen LogP contribution in [0.1, 0.15) is 36.5 Å². The maximum absolute atomic E-state index is 12.0. The Morgan fingerprint density at radius 3 is 2.71 bits per heavy atom. The molecule has 0 aromatic carbocycles. The summed E-state index contributed by atoms with van der Waals surface area (Å²) in [4.78, 5) is 12.0. The van der Waals surface area contributed by atoms with Gasteiger partial charge in [-0.1, -0.05) is 13.8 Å². The fourth-order valence-corrected chi connectivity index (χ4v) is 2.20. The van der Waals surface area contributed by atoms with Gasteiger partial charge in [-0.3, -0.25) is 9.48 Å². The quantitative estimate of drug-likeness (QED) is 0.792. The van der Waals surface area contributed by atoms with Crippen molar-refractivity contribution < 1.29 is 9.90 Å². The van der Waals surface area contributed by atoms with Crippen LogP contribution in [0.2, 0.25) is 0 Å². The summed E-state index contributed by atoms with van der Waals surface area (Å²) in [5, 5.41) is 16.7. The van der Waals surface area contributed by atoms with Gasteiger partial charge < -0.3 is 10.4 Å². The summed E-state index contributed by atoms with van der Waals surface area (Å²) in [5.41, 5.74) is 1.13. The smallest absolute Gasteiger partial charge is 0.269 e. The number of carbonyl (C=O) groups is 1. The van der Waals surface area contributed by atoms with Crippen LogP contribution in [-0.2, 0) is 7.05 Å². The minimum atomic E-state index is -0.332. The van der Waals surface area contributed by atoms with Crippen molar-refractivity contribution in [2.24, 2.45) is 12.5 Å². The molecule has 1 aliphatic carbocycles. The average Bonchev–Trinajstić information content (AvgIpc) is 2.57. The number of aromatic nitrogens is 2. The molecule has 0 saturated heterocycles. The lowest BCUT2D eigenvalue weighted by Gasteiger charge is -2.49. The number of aryl methyl sites for hydroxylation is 2. The second-order valence-corrected chi connectivity index (χ2v) is 5.39. The highest BCUT2D eigenvalue weighted by molar-refractivity contribution is 5.93. The lowest BCUT2D eigenvalue weighted by molar-refractivity contribution is -0.0690. The standard InChI is InChI=1S/C12H19N3O2/c1-7-5-8(15(4)14-7)11(17)13-9-6-10(16)12(9,2)3/h5,9-10,16H,6H2,1-4H3,(H,13,17). The molecule has 0 bridgehead atoms. The molecule has 1 aliphatic rings. The van der Waals surface area contributed by atoms with E-state index >= 15 is 0 Å². The van der Waals surface area contributed by atoms with Gasteiger partial charge in [0.15, 0.2) is 0 Å². The van der Waals surface area contributed by atoms with Gasteiger partial charge in [-0.2, -0.15) is 5.10 Å². The summed E-state index contributed by atoms with van der Waals surface area (Å²) in [6, 6.07) is 1.79. The van der Waals surface area contributed by atoms with Crippen molar-refractivity contribution in [3.05, 3.63) is 17.5 Å². The third-order valence-electron chi connectivity index (χ3n) is 3.76. The Balaban J connectivity index is 2.06. The van der Waals surface area contributed by atoms with Crippen molar-refractivity contribution in [2.75, 3.05) is 0 Å².